The second-order valence-electron chi connectivity index (χ2n) is 4.11. The van der Waals surface area contributed by atoms with Crippen molar-refractivity contribution in [3.05, 3.63) is 34.6 Å². The molecule has 0 amide bonds. The lowest BCUT2D eigenvalue weighted by Crippen LogP contribution is -2.20. The molecule has 0 radical (unpaired) electrons. The van der Waals surface area contributed by atoms with E-state index in [0.717, 1.165) is 0 Å². The molecule has 0 aliphatic heterocycles. The number of nitrogens with two attached hydrogens (primary N) is 2. The van der Waals surface area contributed by atoms with Crippen molar-refractivity contribution in [2.75, 3.05) is 18.1 Å². The van der Waals surface area contributed by atoms with E-state index in [1.807, 2.05) is 0 Å². The largest absolute Gasteiger partial charge is 0.483 e. The maximum atomic E-state index is 12.2. The van der Waals surface area contributed by atoms with Crippen molar-refractivity contribution in [3.8, 4) is 17.1 Å². The molecule has 0 atom stereocenters. The average Bonchev–Trinajstić information content (AvgIpc) is 2.41. The van der Waals surface area contributed by atoms with Gasteiger partial charge in [0.25, 0.3) is 5.56 Å². The summed E-state index contributed by atoms with van der Waals surface area (Å²) in [5.74, 6) is -0.314. The fourth-order valence-electron chi connectivity index (χ4n) is 1.58. The van der Waals surface area contributed by atoms with Gasteiger partial charge in [0, 0.05) is 0 Å². The van der Waals surface area contributed by atoms with Crippen LogP contribution in [0.15, 0.2) is 29.1 Å². The molecule has 0 aliphatic rings. The number of nitrogen functional groups attached to an aromatic ring is 2. The van der Waals surface area contributed by atoms with E-state index in [1.54, 1.807) is 6.07 Å². The Morgan fingerprint density at radius 2 is 1.90 bits per heavy atom. The maximum absolute atomic E-state index is 12.2. The molecule has 0 spiro atoms. The van der Waals surface area contributed by atoms with Gasteiger partial charge in [-0.3, -0.25) is 4.79 Å². The van der Waals surface area contributed by atoms with Crippen molar-refractivity contribution in [3.63, 3.8) is 0 Å². The number of rotatable bonds is 3. The summed E-state index contributed by atoms with van der Waals surface area (Å²) in [5, 5.41) is 0. The molecule has 0 saturated heterocycles. The molecule has 1 aromatic heterocycles. The number of aromatic nitrogens is 2. The molecule has 2 rings (SSSR count). The number of H-pyrrole nitrogens is 1. The van der Waals surface area contributed by atoms with E-state index in [0.29, 0.717) is 0 Å². The molecule has 0 aliphatic carbocycles. The fourth-order valence-corrected chi connectivity index (χ4v) is 1.58. The van der Waals surface area contributed by atoms with Crippen LogP contribution in [0, 0.1) is 0 Å². The summed E-state index contributed by atoms with van der Waals surface area (Å²) in [7, 11) is 0. The number of hydrogen-bond acceptors (Lipinski definition) is 5. The van der Waals surface area contributed by atoms with Gasteiger partial charge in [-0.05, 0) is 12.1 Å². The molecule has 0 saturated carbocycles. The highest BCUT2D eigenvalue weighted by atomic mass is 19.4. The Morgan fingerprint density at radius 3 is 2.52 bits per heavy atom. The van der Waals surface area contributed by atoms with Gasteiger partial charge >= 0.3 is 6.18 Å². The number of ether oxygens (including phenoxy) is 1. The van der Waals surface area contributed by atoms with Gasteiger partial charge in [-0.25, -0.2) is 4.98 Å². The predicted octanol–water partition coefficient (Wildman–Crippen LogP) is 1.54. The number of benzene rings is 1. The average molecular weight is 300 g/mol. The van der Waals surface area contributed by atoms with E-state index in [-0.39, 0.29) is 28.6 Å². The predicted molar refractivity (Wildman–Crippen MR) is 70.7 cm³/mol. The van der Waals surface area contributed by atoms with E-state index in [1.165, 1.54) is 18.2 Å². The third-order valence-corrected chi connectivity index (χ3v) is 2.52. The van der Waals surface area contributed by atoms with Gasteiger partial charge in [0.1, 0.15) is 17.3 Å². The van der Waals surface area contributed by atoms with Crippen LogP contribution >= 0.6 is 0 Å². The van der Waals surface area contributed by atoms with Crippen LogP contribution in [0.1, 0.15) is 0 Å². The summed E-state index contributed by atoms with van der Waals surface area (Å²) < 4.78 is 41.4. The van der Waals surface area contributed by atoms with Gasteiger partial charge in [-0.2, -0.15) is 13.2 Å². The van der Waals surface area contributed by atoms with Crippen molar-refractivity contribution in [1.29, 1.82) is 0 Å². The lowest BCUT2D eigenvalue weighted by Gasteiger charge is -2.13. The van der Waals surface area contributed by atoms with E-state index in [2.05, 4.69) is 9.97 Å². The Kier molecular flexibility index (Phi) is 3.74. The normalized spacial score (nSPS) is 11.4. The van der Waals surface area contributed by atoms with E-state index in [9.17, 15) is 18.0 Å². The van der Waals surface area contributed by atoms with Crippen LogP contribution < -0.4 is 21.8 Å². The maximum Gasteiger partial charge on any atom is 0.422 e. The van der Waals surface area contributed by atoms with Gasteiger partial charge in [0.05, 0.1) is 5.56 Å². The summed E-state index contributed by atoms with van der Waals surface area (Å²) >= 11 is 0. The molecule has 6 nitrogen and oxygen atoms in total. The molecule has 0 bridgehead atoms. The molecule has 0 unspecified atom stereocenters. The number of halogens is 3. The lowest BCUT2D eigenvalue weighted by molar-refractivity contribution is -0.153. The van der Waals surface area contributed by atoms with Crippen molar-refractivity contribution in [2.45, 2.75) is 6.18 Å². The molecule has 0 fully saturated rings. The number of hydrogen-bond donors (Lipinski definition) is 3. The topological polar surface area (TPSA) is 107 Å². The summed E-state index contributed by atoms with van der Waals surface area (Å²) in [5.41, 5.74) is 10.1. The highest BCUT2D eigenvalue weighted by Gasteiger charge is 2.29. The molecule has 1 heterocycles. The van der Waals surface area contributed by atoms with Crippen LogP contribution in [0.2, 0.25) is 0 Å². The van der Waals surface area contributed by atoms with E-state index >= 15 is 0 Å². The van der Waals surface area contributed by atoms with Crippen LogP contribution in [0.5, 0.6) is 5.75 Å². The molecule has 9 heteroatoms. The highest BCUT2D eigenvalue weighted by molar-refractivity contribution is 5.68. The first kappa shape index (κ1) is 14.7. The fraction of sp³-hybridized carbons (Fsp3) is 0.167. The summed E-state index contributed by atoms with van der Waals surface area (Å²) in [4.78, 5) is 17.7. The number of anilines is 2. The zero-order valence-corrected chi connectivity index (χ0v) is 10.6. The Balaban J connectivity index is 2.43. The molecular formula is C12H11F3N4O2. The Hall–Kier alpha value is -2.71. The van der Waals surface area contributed by atoms with Crippen LogP contribution in [-0.2, 0) is 0 Å². The van der Waals surface area contributed by atoms with Crippen molar-refractivity contribution in [2.24, 2.45) is 0 Å². The number of para-hydroxylation sites is 1. The summed E-state index contributed by atoms with van der Waals surface area (Å²) in [6.07, 6.45) is -4.48. The molecule has 21 heavy (non-hydrogen) atoms. The van der Waals surface area contributed by atoms with Gasteiger partial charge in [-0.1, -0.05) is 12.1 Å². The van der Waals surface area contributed by atoms with Gasteiger partial charge < -0.3 is 21.2 Å². The molecular weight excluding hydrogens is 289 g/mol. The van der Waals surface area contributed by atoms with Crippen molar-refractivity contribution < 1.29 is 17.9 Å². The summed E-state index contributed by atoms with van der Waals surface area (Å²) in [6.45, 7) is -1.46. The monoisotopic (exact) mass is 300 g/mol. The molecule has 5 N–H and O–H groups in total. The van der Waals surface area contributed by atoms with Crippen LogP contribution in [0.3, 0.4) is 0 Å². The van der Waals surface area contributed by atoms with Crippen LogP contribution in [0.25, 0.3) is 11.4 Å². The number of aromatic amines is 1. The Labute approximate surface area is 116 Å². The van der Waals surface area contributed by atoms with E-state index < -0.39 is 18.3 Å². The third kappa shape index (κ3) is 3.44. The van der Waals surface area contributed by atoms with Gasteiger partial charge in [0.2, 0.25) is 0 Å². The minimum absolute atomic E-state index is 0.0236. The second kappa shape index (κ2) is 5.35. The molecule has 112 valence electrons. The zero-order chi connectivity index (χ0) is 15.6. The second-order valence-corrected chi connectivity index (χ2v) is 4.11. The lowest BCUT2D eigenvalue weighted by atomic mass is 10.2. The zero-order valence-electron chi connectivity index (χ0n) is 10.6. The first-order chi connectivity index (χ1) is 9.78. The number of alkyl halides is 3. The Morgan fingerprint density at radius 1 is 1.24 bits per heavy atom. The minimum Gasteiger partial charge on any atom is -0.483 e. The standard InChI is InChI=1S/C12H11F3N4O2/c13-12(14,15)5-21-7-4-2-1-3-6(7)10-18-9(17)8(16)11(20)19-10/h1-4H,5,16H2,(H3,17,18,19,20). The van der Waals surface area contributed by atoms with Crippen LogP contribution in [-0.4, -0.2) is 22.8 Å². The first-order valence-corrected chi connectivity index (χ1v) is 5.72. The quantitative estimate of drug-likeness (QED) is 0.797. The number of nitrogens with one attached hydrogen (secondary N) is 1. The number of nitrogens with zero attached hydrogens (tertiary/aromatic N) is 1. The molecule has 2 aromatic rings. The molecule has 1 aromatic carbocycles. The van der Waals surface area contributed by atoms with Gasteiger partial charge in [-0.15, -0.1) is 0 Å². The van der Waals surface area contributed by atoms with Gasteiger partial charge in [0.15, 0.2) is 12.4 Å². The third-order valence-electron chi connectivity index (χ3n) is 2.52. The van der Waals surface area contributed by atoms with Crippen LogP contribution in [0.4, 0.5) is 24.7 Å². The Bertz CT molecular complexity index is 712. The van der Waals surface area contributed by atoms with Crippen molar-refractivity contribution in [1.82, 2.24) is 9.97 Å². The first-order valence-electron chi connectivity index (χ1n) is 5.72. The minimum atomic E-state index is -4.48. The SMILES string of the molecule is Nc1nc(-c2ccccc2OCC(F)(F)F)[nH]c(=O)c1N. The smallest absolute Gasteiger partial charge is 0.422 e. The van der Waals surface area contributed by atoms with E-state index in [4.69, 9.17) is 16.2 Å². The highest BCUT2D eigenvalue weighted by Crippen LogP contribution is 2.29. The summed E-state index contributed by atoms with van der Waals surface area (Å²) in [6, 6.07) is 5.82. The van der Waals surface area contributed by atoms with Crippen molar-refractivity contribution >= 4 is 11.5 Å².